The maximum atomic E-state index is 13.5. The van der Waals surface area contributed by atoms with Crippen molar-refractivity contribution in [2.75, 3.05) is 0 Å². The lowest BCUT2D eigenvalue weighted by Gasteiger charge is -2.18. The quantitative estimate of drug-likeness (QED) is 0.461. The van der Waals surface area contributed by atoms with E-state index < -0.39 is 28.8 Å². The van der Waals surface area contributed by atoms with Gasteiger partial charge in [0.15, 0.2) is 0 Å². The molecule has 0 saturated carbocycles. The number of carboxylic acid groups (broad SMARTS) is 1. The second-order valence-electron chi connectivity index (χ2n) is 7.76. The second kappa shape index (κ2) is 7.72. The highest BCUT2D eigenvalue weighted by atomic mass is 35.5. The lowest BCUT2D eigenvalue weighted by molar-refractivity contribution is 0.0693. The molecule has 168 valence electrons. The van der Waals surface area contributed by atoms with E-state index in [1.54, 1.807) is 37.4 Å². The van der Waals surface area contributed by atoms with E-state index in [2.05, 4.69) is 0 Å². The van der Waals surface area contributed by atoms with Crippen molar-refractivity contribution in [2.45, 2.75) is 18.9 Å². The highest BCUT2D eigenvalue weighted by molar-refractivity contribution is 7.16. The van der Waals surface area contributed by atoms with E-state index in [-0.39, 0.29) is 4.87 Å². The van der Waals surface area contributed by atoms with Gasteiger partial charge in [-0.25, -0.2) is 9.59 Å². The molecule has 0 radical (unpaired) electrons. The lowest BCUT2D eigenvalue weighted by Crippen LogP contribution is -2.43. The number of aryl methyl sites for hydroxylation is 1. The van der Waals surface area contributed by atoms with Gasteiger partial charge in [-0.3, -0.25) is 18.7 Å². The summed E-state index contributed by atoms with van der Waals surface area (Å²) in [5.41, 5.74) is 0.287. The van der Waals surface area contributed by atoms with Gasteiger partial charge >= 0.3 is 16.5 Å². The van der Waals surface area contributed by atoms with Crippen LogP contribution in [0.1, 0.15) is 33.9 Å². The summed E-state index contributed by atoms with van der Waals surface area (Å²) in [5.74, 6) is -1.45. The zero-order chi connectivity index (χ0) is 23.6. The second-order valence-corrected chi connectivity index (χ2v) is 9.60. The van der Waals surface area contributed by atoms with Crippen LogP contribution in [0.25, 0.3) is 15.9 Å². The van der Waals surface area contributed by atoms with Gasteiger partial charge in [-0.05, 0) is 54.3 Å². The monoisotopic (exact) mass is 503 g/mol. The van der Waals surface area contributed by atoms with E-state index in [0.29, 0.717) is 44.4 Å². The Balaban J connectivity index is 1.79. The molecular weight excluding hydrogens is 489 g/mol. The van der Waals surface area contributed by atoms with Gasteiger partial charge in [-0.15, -0.1) is 0 Å². The molecule has 2 aromatic carbocycles. The molecule has 8 nitrogen and oxygen atoms in total. The first-order chi connectivity index (χ1) is 15.7. The van der Waals surface area contributed by atoms with E-state index in [4.69, 9.17) is 23.2 Å². The number of carboxylic acids is 1. The lowest BCUT2D eigenvalue weighted by atomic mass is 10.1. The van der Waals surface area contributed by atoms with Crippen molar-refractivity contribution < 1.29 is 9.90 Å². The first kappa shape index (κ1) is 21.7. The van der Waals surface area contributed by atoms with Gasteiger partial charge in [-0.1, -0.05) is 34.5 Å². The Bertz CT molecular complexity index is 1660. The van der Waals surface area contributed by atoms with Crippen LogP contribution >= 0.6 is 34.5 Å². The Kier molecular flexibility index (Phi) is 5.08. The third-order valence-electron chi connectivity index (χ3n) is 5.94. The van der Waals surface area contributed by atoms with Gasteiger partial charge in [0, 0.05) is 23.3 Å². The van der Waals surface area contributed by atoms with Crippen molar-refractivity contribution in [3.05, 3.63) is 93.8 Å². The van der Waals surface area contributed by atoms with Gasteiger partial charge < -0.3 is 9.67 Å². The summed E-state index contributed by atoms with van der Waals surface area (Å²) < 4.78 is 4.20. The molecule has 0 saturated heterocycles. The highest BCUT2D eigenvalue weighted by Crippen LogP contribution is 2.39. The zero-order valence-corrected chi connectivity index (χ0v) is 19.4. The molecule has 4 aromatic rings. The number of nitrogens with zero attached hydrogens (tertiary/aromatic N) is 3. The molecule has 0 bridgehead atoms. The van der Waals surface area contributed by atoms with E-state index in [0.717, 1.165) is 32.2 Å². The third kappa shape index (κ3) is 3.35. The summed E-state index contributed by atoms with van der Waals surface area (Å²) in [5, 5.41) is 10.5. The number of benzene rings is 2. The smallest absolute Gasteiger partial charge is 0.342 e. The van der Waals surface area contributed by atoms with Gasteiger partial charge in [0.1, 0.15) is 5.56 Å². The summed E-state index contributed by atoms with van der Waals surface area (Å²) in [4.78, 5) is 50.4. The van der Waals surface area contributed by atoms with Crippen molar-refractivity contribution in [3.8, 4) is 5.69 Å². The maximum Gasteiger partial charge on any atom is 0.342 e. The van der Waals surface area contributed by atoms with Crippen molar-refractivity contribution in [1.29, 1.82) is 0 Å². The van der Waals surface area contributed by atoms with Crippen LogP contribution in [0.15, 0.2) is 50.9 Å². The van der Waals surface area contributed by atoms with Crippen LogP contribution in [0.2, 0.25) is 10.0 Å². The molecule has 5 rings (SSSR count). The van der Waals surface area contributed by atoms with E-state index >= 15 is 0 Å². The predicted molar refractivity (Wildman–Crippen MR) is 127 cm³/mol. The zero-order valence-electron chi connectivity index (χ0n) is 17.0. The Hall–Kier alpha value is -3.14. The summed E-state index contributed by atoms with van der Waals surface area (Å²) in [7, 11) is 1.64. The van der Waals surface area contributed by atoms with Crippen LogP contribution < -0.4 is 16.1 Å². The molecule has 2 aromatic heterocycles. The van der Waals surface area contributed by atoms with E-state index in [1.807, 2.05) is 0 Å². The Morgan fingerprint density at radius 1 is 1.15 bits per heavy atom. The fraction of sp³-hybridized carbons (Fsp3) is 0.182. The van der Waals surface area contributed by atoms with Crippen molar-refractivity contribution in [2.24, 2.45) is 7.05 Å². The third-order valence-corrected chi connectivity index (χ3v) is 7.49. The number of rotatable bonds is 3. The molecule has 33 heavy (non-hydrogen) atoms. The average Bonchev–Trinajstić information content (AvgIpc) is 3.29. The van der Waals surface area contributed by atoms with Crippen LogP contribution in [0.3, 0.4) is 0 Å². The summed E-state index contributed by atoms with van der Waals surface area (Å²) in [6.07, 6.45) is 1.94. The largest absolute Gasteiger partial charge is 0.477 e. The van der Waals surface area contributed by atoms with Crippen LogP contribution in [0.5, 0.6) is 0 Å². The van der Waals surface area contributed by atoms with Crippen molar-refractivity contribution in [3.63, 3.8) is 0 Å². The molecule has 1 aliphatic carbocycles. The Morgan fingerprint density at radius 2 is 1.91 bits per heavy atom. The summed E-state index contributed by atoms with van der Waals surface area (Å²) in [6, 6.07) is 7.44. The highest BCUT2D eigenvalue weighted by Gasteiger charge is 2.31. The molecule has 0 fully saturated rings. The Morgan fingerprint density at radius 3 is 2.64 bits per heavy atom. The normalized spacial score (nSPS) is 15.2. The molecule has 1 unspecified atom stereocenters. The average molecular weight is 504 g/mol. The minimum absolute atomic E-state index is 0.165. The number of halogens is 2. The van der Waals surface area contributed by atoms with Crippen LogP contribution in [0, 0.1) is 0 Å². The molecule has 1 N–H and O–H groups in total. The first-order valence-electron chi connectivity index (χ1n) is 9.86. The maximum absolute atomic E-state index is 13.5. The first-order valence-corrected chi connectivity index (χ1v) is 11.4. The molecule has 0 amide bonds. The number of hydrogen-bond donors (Lipinski definition) is 1. The molecule has 2 heterocycles. The predicted octanol–water partition coefficient (Wildman–Crippen LogP) is 3.45. The summed E-state index contributed by atoms with van der Waals surface area (Å²) in [6.45, 7) is 0. The molecule has 1 atom stereocenters. The number of thiazole rings is 1. The van der Waals surface area contributed by atoms with Gasteiger partial charge in [0.05, 0.1) is 21.9 Å². The Labute approximate surface area is 199 Å². The standard InChI is InChI=1S/C22H15Cl2N3O5S/c1-25-17-4-2-11(8-18(17)33-22(25)32)26-9-14(20(29)30)19(28)27(21(26)31)16-5-3-12-13(16)6-10(23)7-15(12)24/h2,4,6-9,16H,3,5H2,1H3,(H,29,30). The topological polar surface area (TPSA) is 103 Å². The number of carbonyl (C=O) groups is 1. The van der Waals surface area contributed by atoms with E-state index in [1.165, 1.54) is 4.57 Å². The van der Waals surface area contributed by atoms with Gasteiger partial charge in [-0.2, -0.15) is 0 Å². The number of fused-ring (bicyclic) bond motifs is 2. The van der Waals surface area contributed by atoms with Gasteiger partial charge in [0.25, 0.3) is 5.56 Å². The van der Waals surface area contributed by atoms with E-state index in [9.17, 15) is 24.3 Å². The fourth-order valence-electron chi connectivity index (χ4n) is 4.34. The summed E-state index contributed by atoms with van der Waals surface area (Å²) >= 11 is 13.5. The van der Waals surface area contributed by atoms with Crippen molar-refractivity contribution >= 4 is 50.7 Å². The number of hydrogen-bond acceptors (Lipinski definition) is 5. The fourth-order valence-corrected chi connectivity index (χ4v) is 5.86. The van der Waals surface area contributed by atoms with Crippen LogP contribution in [0.4, 0.5) is 0 Å². The molecule has 1 aliphatic rings. The molecular formula is C22H15Cl2N3O5S. The molecule has 11 heteroatoms. The number of aromatic carboxylic acids is 1. The molecule has 0 spiro atoms. The molecule has 0 aliphatic heterocycles. The van der Waals surface area contributed by atoms with Crippen LogP contribution in [-0.2, 0) is 13.5 Å². The van der Waals surface area contributed by atoms with Crippen molar-refractivity contribution in [1.82, 2.24) is 13.7 Å². The van der Waals surface area contributed by atoms with Crippen LogP contribution in [-0.4, -0.2) is 24.8 Å². The van der Waals surface area contributed by atoms with Gasteiger partial charge in [0.2, 0.25) is 0 Å². The SMILES string of the molecule is Cn1c(=O)sc2cc(-n3cc(C(=O)O)c(=O)n(C4CCc5c(Cl)cc(Cl)cc54)c3=O)ccc21. The minimum Gasteiger partial charge on any atom is -0.477 e. The number of aromatic nitrogens is 3. The minimum atomic E-state index is -1.45.